The molecule has 3 rings (SSSR count). The van der Waals surface area contributed by atoms with Crippen LogP contribution >= 0.6 is 0 Å². The van der Waals surface area contributed by atoms with Crippen molar-refractivity contribution in [3.05, 3.63) is 94.8 Å². The summed E-state index contributed by atoms with van der Waals surface area (Å²) in [7, 11) is 0. The van der Waals surface area contributed by atoms with Gasteiger partial charge < -0.3 is 9.30 Å². The Balaban J connectivity index is 2.02. The van der Waals surface area contributed by atoms with E-state index in [2.05, 4.69) is 48.7 Å². The monoisotopic (exact) mass is 347 g/mol. The quantitative estimate of drug-likeness (QED) is 0.597. The van der Waals surface area contributed by atoms with Crippen LogP contribution in [0.3, 0.4) is 0 Å². The molecule has 0 spiro atoms. The molecule has 1 heterocycles. The maximum atomic E-state index is 12.7. The molecule has 134 valence electrons. The molecule has 0 aliphatic rings. The Morgan fingerprint density at radius 1 is 1.00 bits per heavy atom. The van der Waals surface area contributed by atoms with Crippen LogP contribution in [0.2, 0.25) is 0 Å². The minimum absolute atomic E-state index is 0.196. The van der Waals surface area contributed by atoms with Crippen molar-refractivity contribution < 1.29 is 9.53 Å². The van der Waals surface area contributed by atoms with Gasteiger partial charge in [0.15, 0.2) is 0 Å². The van der Waals surface area contributed by atoms with E-state index in [1.165, 1.54) is 5.56 Å². The number of rotatable bonds is 6. The van der Waals surface area contributed by atoms with E-state index in [-0.39, 0.29) is 5.97 Å². The molecule has 3 heteroatoms. The second kappa shape index (κ2) is 8.05. The number of hydrogen-bond donors (Lipinski definition) is 0. The Labute approximate surface area is 155 Å². The number of nitrogens with zero attached hydrogens (tertiary/aromatic N) is 1. The van der Waals surface area contributed by atoms with Gasteiger partial charge in [-0.05, 0) is 43.5 Å². The van der Waals surface area contributed by atoms with Crippen molar-refractivity contribution in [2.24, 2.45) is 0 Å². The fourth-order valence-electron chi connectivity index (χ4n) is 3.44. The fraction of sp³-hybridized carbons (Fsp3) is 0.261. The number of carbonyl (C=O) groups is 1. The van der Waals surface area contributed by atoms with Crippen LogP contribution in [0.15, 0.2) is 66.7 Å². The molecular weight excluding hydrogens is 322 g/mol. The average molecular weight is 347 g/mol. The lowest BCUT2D eigenvalue weighted by Crippen LogP contribution is -2.18. The Morgan fingerprint density at radius 2 is 1.62 bits per heavy atom. The van der Waals surface area contributed by atoms with Crippen molar-refractivity contribution >= 4 is 5.97 Å². The molecule has 0 aliphatic heterocycles. The lowest BCUT2D eigenvalue weighted by molar-refractivity contribution is -0.143. The molecule has 0 aliphatic carbocycles. The molecule has 1 unspecified atom stereocenters. The van der Waals surface area contributed by atoms with Crippen molar-refractivity contribution in [1.29, 1.82) is 0 Å². The van der Waals surface area contributed by atoms with Crippen LogP contribution in [0, 0.1) is 13.8 Å². The first-order chi connectivity index (χ1) is 12.6. The minimum atomic E-state index is -0.396. The molecule has 3 nitrogen and oxygen atoms in total. The van der Waals surface area contributed by atoms with Gasteiger partial charge >= 0.3 is 5.97 Å². The van der Waals surface area contributed by atoms with E-state index in [0.717, 1.165) is 29.1 Å². The standard InChI is InChI=1S/C23H25NO2/c1-4-26-23(25)22(20-13-9-6-10-14-20)21-15-17(2)24(18(21)3)16-19-11-7-5-8-12-19/h5-15,22H,4,16H2,1-3H3. The topological polar surface area (TPSA) is 31.2 Å². The number of ether oxygens (including phenoxy) is 1. The number of aromatic nitrogens is 1. The SMILES string of the molecule is CCOC(=O)C(c1ccccc1)c1cc(C)n(Cc2ccccc2)c1C. The van der Waals surface area contributed by atoms with E-state index < -0.39 is 5.92 Å². The number of aryl methyl sites for hydroxylation is 1. The summed E-state index contributed by atoms with van der Waals surface area (Å²) in [5.41, 5.74) is 5.47. The summed E-state index contributed by atoms with van der Waals surface area (Å²) in [5.74, 6) is -0.592. The molecule has 0 radical (unpaired) electrons. The molecule has 26 heavy (non-hydrogen) atoms. The Hall–Kier alpha value is -2.81. The van der Waals surface area contributed by atoms with Crippen LogP contribution in [-0.2, 0) is 16.1 Å². The van der Waals surface area contributed by atoms with Crippen LogP contribution < -0.4 is 0 Å². The van der Waals surface area contributed by atoms with Crippen molar-refractivity contribution in [2.45, 2.75) is 33.2 Å². The normalized spacial score (nSPS) is 12.0. The summed E-state index contributed by atoms with van der Waals surface area (Å²) < 4.78 is 7.65. The van der Waals surface area contributed by atoms with Gasteiger partial charge in [-0.15, -0.1) is 0 Å². The first kappa shape index (κ1) is 18.0. The molecule has 1 atom stereocenters. The van der Waals surface area contributed by atoms with Gasteiger partial charge in [-0.2, -0.15) is 0 Å². The lowest BCUT2D eigenvalue weighted by Gasteiger charge is -2.17. The van der Waals surface area contributed by atoms with E-state index in [1.807, 2.05) is 43.3 Å². The van der Waals surface area contributed by atoms with Crippen molar-refractivity contribution in [3.8, 4) is 0 Å². The highest BCUT2D eigenvalue weighted by Crippen LogP contribution is 2.31. The average Bonchev–Trinajstić information content (AvgIpc) is 2.92. The van der Waals surface area contributed by atoms with Crippen LogP contribution in [0.25, 0.3) is 0 Å². The Bertz CT molecular complexity index is 866. The largest absolute Gasteiger partial charge is 0.465 e. The zero-order chi connectivity index (χ0) is 18.5. The van der Waals surface area contributed by atoms with Gasteiger partial charge in [0.05, 0.1) is 6.61 Å². The molecule has 3 aromatic rings. The van der Waals surface area contributed by atoms with Crippen molar-refractivity contribution in [1.82, 2.24) is 4.57 Å². The van der Waals surface area contributed by atoms with Crippen LogP contribution in [0.4, 0.5) is 0 Å². The summed E-state index contributed by atoms with van der Waals surface area (Å²) in [6, 6.07) is 22.4. The predicted molar refractivity (Wildman–Crippen MR) is 104 cm³/mol. The van der Waals surface area contributed by atoms with E-state index in [1.54, 1.807) is 0 Å². The molecule has 0 saturated carbocycles. The number of benzene rings is 2. The van der Waals surface area contributed by atoms with Gasteiger partial charge in [-0.1, -0.05) is 60.7 Å². The van der Waals surface area contributed by atoms with Gasteiger partial charge in [-0.3, -0.25) is 4.79 Å². The number of carbonyl (C=O) groups excluding carboxylic acids is 1. The summed E-state index contributed by atoms with van der Waals surface area (Å²) in [6.07, 6.45) is 0. The summed E-state index contributed by atoms with van der Waals surface area (Å²) in [4.78, 5) is 12.7. The van der Waals surface area contributed by atoms with E-state index in [9.17, 15) is 4.79 Å². The highest BCUT2D eigenvalue weighted by Gasteiger charge is 2.28. The highest BCUT2D eigenvalue weighted by atomic mass is 16.5. The second-order valence-electron chi connectivity index (χ2n) is 6.49. The first-order valence-corrected chi connectivity index (χ1v) is 9.04. The first-order valence-electron chi connectivity index (χ1n) is 9.04. The number of esters is 1. The predicted octanol–water partition coefficient (Wildman–Crippen LogP) is 4.85. The molecular formula is C23H25NO2. The van der Waals surface area contributed by atoms with Crippen LogP contribution in [-0.4, -0.2) is 17.1 Å². The van der Waals surface area contributed by atoms with E-state index in [0.29, 0.717) is 6.61 Å². The van der Waals surface area contributed by atoms with Crippen molar-refractivity contribution in [3.63, 3.8) is 0 Å². The maximum Gasteiger partial charge on any atom is 0.317 e. The van der Waals surface area contributed by atoms with Gasteiger partial charge in [-0.25, -0.2) is 0 Å². The van der Waals surface area contributed by atoms with Crippen molar-refractivity contribution in [2.75, 3.05) is 6.61 Å². The van der Waals surface area contributed by atoms with Crippen LogP contribution in [0.1, 0.15) is 40.9 Å². The molecule has 0 bridgehead atoms. The van der Waals surface area contributed by atoms with Gasteiger partial charge in [0.25, 0.3) is 0 Å². The Morgan fingerprint density at radius 3 is 2.23 bits per heavy atom. The molecule has 0 fully saturated rings. The van der Waals surface area contributed by atoms with E-state index >= 15 is 0 Å². The summed E-state index contributed by atoms with van der Waals surface area (Å²) >= 11 is 0. The Kier molecular flexibility index (Phi) is 5.57. The molecule has 0 N–H and O–H groups in total. The second-order valence-corrected chi connectivity index (χ2v) is 6.49. The number of hydrogen-bond acceptors (Lipinski definition) is 2. The smallest absolute Gasteiger partial charge is 0.317 e. The fourth-order valence-corrected chi connectivity index (χ4v) is 3.44. The summed E-state index contributed by atoms with van der Waals surface area (Å²) in [6.45, 7) is 7.19. The molecule has 2 aromatic carbocycles. The minimum Gasteiger partial charge on any atom is -0.465 e. The third-order valence-corrected chi connectivity index (χ3v) is 4.76. The third-order valence-electron chi connectivity index (χ3n) is 4.76. The molecule has 0 saturated heterocycles. The van der Waals surface area contributed by atoms with E-state index in [4.69, 9.17) is 4.74 Å². The zero-order valence-corrected chi connectivity index (χ0v) is 15.6. The lowest BCUT2D eigenvalue weighted by atomic mass is 9.91. The van der Waals surface area contributed by atoms with Gasteiger partial charge in [0, 0.05) is 17.9 Å². The summed E-state index contributed by atoms with van der Waals surface area (Å²) in [5, 5.41) is 0. The van der Waals surface area contributed by atoms with Gasteiger partial charge in [0.2, 0.25) is 0 Å². The van der Waals surface area contributed by atoms with Crippen LogP contribution in [0.5, 0.6) is 0 Å². The zero-order valence-electron chi connectivity index (χ0n) is 15.6. The molecule has 0 amide bonds. The maximum absolute atomic E-state index is 12.7. The molecule has 1 aromatic heterocycles. The third kappa shape index (κ3) is 3.72. The van der Waals surface area contributed by atoms with Gasteiger partial charge in [0.1, 0.15) is 5.92 Å². The highest BCUT2D eigenvalue weighted by molar-refractivity contribution is 5.82.